The Morgan fingerprint density at radius 1 is 0.882 bits per heavy atom. The molecule has 3 aromatic carbocycles. The van der Waals surface area contributed by atoms with Crippen LogP contribution < -0.4 is 14.8 Å². The van der Waals surface area contributed by atoms with Crippen LogP contribution >= 0.6 is 0 Å². The van der Waals surface area contributed by atoms with E-state index in [0.717, 1.165) is 28.0 Å². The molecule has 0 spiro atoms. The van der Waals surface area contributed by atoms with Gasteiger partial charge in [-0.25, -0.2) is 8.42 Å². The molecular formula is C27H32N2O4S. The molecule has 0 bridgehead atoms. The van der Waals surface area contributed by atoms with Crippen molar-refractivity contribution in [3.63, 3.8) is 0 Å². The Kier molecular flexibility index (Phi) is 7.67. The van der Waals surface area contributed by atoms with Crippen LogP contribution in [0.4, 0.5) is 5.69 Å². The summed E-state index contributed by atoms with van der Waals surface area (Å²) in [6, 6.07) is 16.9. The van der Waals surface area contributed by atoms with Crippen molar-refractivity contribution in [3.05, 3.63) is 88.5 Å². The number of nitrogens with one attached hydrogen (secondary N) is 2. The predicted molar refractivity (Wildman–Crippen MR) is 136 cm³/mol. The molecule has 3 rings (SSSR count). The SMILES string of the molecule is COc1cc(C)c([C@H](C)NC(=O)c2ccc(NS(=O)(=O)c3ccc(C)cc3)cc2)cc1C(C)C. The normalized spacial score (nSPS) is 12.3. The van der Waals surface area contributed by atoms with Gasteiger partial charge in [0.15, 0.2) is 0 Å². The maximum atomic E-state index is 12.9. The first-order valence-electron chi connectivity index (χ1n) is 11.2. The molecule has 0 aliphatic heterocycles. The molecule has 0 aromatic heterocycles. The van der Waals surface area contributed by atoms with Crippen molar-refractivity contribution in [3.8, 4) is 5.75 Å². The molecule has 2 N–H and O–H groups in total. The van der Waals surface area contributed by atoms with E-state index in [1.807, 2.05) is 26.8 Å². The lowest BCUT2D eigenvalue weighted by Gasteiger charge is -2.21. The van der Waals surface area contributed by atoms with E-state index in [1.54, 1.807) is 55.6 Å². The van der Waals surface area contributed by atoms with E-state index >= 15 is 0 Å². The largest absolute Gasteiger partial charge is 0.496 e. The summed E-state index contributed by atoms with van der Waals surface area (Å²) in [5.74, 6) is 0.897. The second-order valence-electron chi connectivity index (χ2n) is 8.80. The zero-order chi connectivity index (χ0) is 25.0. The first kappa shape index (κ1) is 25.3. The average molecular weight is 481 g/mol. The van der Waals surface area contributed by atoms with E-state index in [2.05, 4.69) is 30.0 Å². The van der Waals surface area contributed by atoms with Gasteiger partial charge in [0.2, 0.25) is 0 Å². The van der Waals surface area contributed by atoms with Crippen molar-refractivity contribution in [2.24, 2.45) is 0 Å². The number of rotatable bonds is 8. The highest BCUT2D eigenvalue weighted by Gasteiger charge is 2.18. The van der Waals surface area contributed by atoms with E-state index in [4.69, 9.17) is 4.74 Å². The molecule has 0 heterocycles. The standard InChI is InChI=1S/C27H32N2O4S/c1-17(2)24-16-25(19(4)15-26(24)33-6)20(5)28-27(30)21-9-11-22(12-10-21)29-34(31,32)23-13-7-18(3)8-14-23/h7-17,20,29H,1-6H3,(H,28,30)/t20-/m0/s1. The summed E-state index contributed by atoms with van der Waals surface area (Å²) in [5.41, 5.74) is 4.97. The van der Waals surface area contributed by atoms with Crippen molar-refractivity contribution >= 4 is 21.6 Å². The fourth-order valence-corrected chi connectivity index (χ4v) is 4.85. The van der Waals surface area contributed by atoms with Gasteiger partial charge in [0.25, 0.3) is 15.9 Å². The Balaban J connectivity index is 1.73. The summed E-state index contributed by atoms with van der Waals surface area (Å²) in [4.78, 5) is 13.0. The number of carbonyl (C=O) groups is 1. The van der Waals surface area contributed by atoms with Crippen LogP contribution in [0.1, 0.15) is 65.3 Å². The first-order valence-corrected chi connectivity index (χ1v) is 12.7. The third-order valence-electron chi connectivity index (χ3n) is 5.79. The van der Waals surface area contributed by atoms with Crippen molar-refractivity contribution in [1.29, 1.82) is 0 Å². The van der Waals surface area contributed by atoms with E-state index in [1.165, 1.54) is 0 Å². The third kappa shape index (κ3) is 5.78. The maximum Gasteiger partial charge on any atom is 0.261 e. The smallest absolute Gasteiger partial charge is 0.261 e. The number of benzene rings is 3. The van der Waals surface area contributed by atoms with Crippen LogP contribution in [0.15, 0.2) is 65.6 Å². The molecule has 3 aromatic rings. The number of anilines is 1. The molecule has 0 fully saturated rings. The van der Waals surface area contributed by atoms with Gasteiger partial charge < -0.3 is 10.1 Å². The third-order valence-corrected chi connectivity index (χ3v) is 7.18. The van der Waals surface area contributed by atoms with E-state index < -0.39 is 10.0 Å². The predicted octanol–water partition coefficient (Wildman–Crippen LogP) is 5.73. The van der Waals surface area contributed by atoms with Gasteiger partial charge in [-0.2, -0.15) is 0 Å². The molecular weight excluding hydrogens is 448 g/mol. The molecule has 180 valence electrons. The zero-order valence-electron chi connectivity index (χ0n) is 20.5. The van der Waals surface area contributed by atoms with Crippen LogP contribution in [0, 0.1) is 13.8 Å². The Morgan fingerprint density at radius 2 is 1.50 bits per heavy atom. The Labute approximate surface area is 202 Å². The minimum absolute atomic E-state index is 0.185. The number of ether oxygens (including phenoxy) is 1. The molecule has 0 aliphatic rings. The van der Waals surface area contributed by atoms with E-state index in [-0.39, 0.29) is 22.8 Å². The Morgan fingerprint density at radius 3 is 2.06 bits per heavy atom. The quantitative estimate of drug-likeness (QED) is 0.431. The minimum Gasteiger partial charge on any atom is -0.496 e. The van der Waals surface area contributed by atoms with Crippen molar-refractivity contribution in [2.75, 3.05) is 11.8 Å². The summed E-state index contributed by atoms with van der Waals surface area (Å²) in [6.07, 6.45) is 0. The van der Waals surface area contributed by atoms with E-state index in [9.17, 15) is 13.2 Å². The van der Waals surface area contributed by atoms with Crippen LogP contribution in [0.3, 0.4) is 0 Å². The van der Waals surface area contributed by atoms with Gasteiger partial charge >= 0.3 is 0 Å². The molecule has 0 unspecified atom stereocenters. The monoisotopic (exact) mass is 480 g/mol. The first-order chi connectivity index (χ1) is 16.0. The number of hydrogen-bond acceptors (Lipinski definition) is 4. The van der Waals surface area contributed by atoms with Gasteiger partial charge in [-0.3, -0.25) is 9.52 Å². The van der Waals surface area contributed by atoms with Crippen LogP contribution in [0.2, 0.25) is 0 Å². The van der Waals surface area contributed by atoms with Gasteiger partial charge in [-0.15, -0.1) is 0 Å². The van der Waals surface area contributed by atoms with Crippen LogP contribution in [-0.2, 0) is 10.0 Å². The van der Waals surface area contributed by atoms with Crippen LogP contribution in [0.25, 0.3) is 0 Å². The average Bonchev–Trinajstić information content (AvgIpc) is 2.78. The molecule has 0 saturated heterocycles. The Bertz CT molecular complexity index is 1270. The molecule has 0 radical (unpaired) electrons. The fraction of sp³-hybridized carbons (Fsp3) is 0.296. The molecule has 0 saturated carbocycles. The maximum absolute atomic E-state index is 12.9. The van der Waals surface area contributed by atoms with Gasteiger partial charge in [-0.05, 0) is 91.9 Å². The Hall–Kier alpha value is -3.32. The summed E-state index contributed by atoms with van der Waals surface area (Å²) in [7, 11) is -2.04. The zero-order valence-corrected chi connectivity index (χ0v) is 21.3. The van der Waals surface area contributed by atoms with Crippen molar-refractivity contribution in [2.45, 2.75) is 51.5 Å². The van der Waals surface area contributed by atoms with Crippen molar-refractivity contribution in [1.82, 2.24) is 5.32 Å². The lowest BCUT2D eigenvalue weighted by atomic mass is 9.93. The van der Waals surface area contributed by atoms with Crippen LogP contribution in [0.5, 0.6) is 5.75 Å². The molecule has 7 heteroatoms. The lowest BCUT2D eigenvalue weighted by Crippen LogP contribution is -2.27. The molecule has 6 nitrogen and oxygen atoms in total. The second kappa shape index (κ2) is 10.3. The van der Waals surface area contributed by atoms with Gasteiger partial charge in [0, 0.05) is 11.3 Å². The summed E-state index contributed by atoms with van der Waals surface area (Å²) >= 11 is 0. The minimum atomic E-state index is -3.70. The highest BCUT2D eigenvalue weighted by molar-refractivity contribution is 7.92. The fourth-order valence-electron chi connectivity index (χ4n) is 3.79. The number of amides is 1. The highest BCUT2D eigenvalue weighted by atomic mass is 32.2. The number of carbonyl (C=O) groups excluding carboxylic acids is 1. The summed E-state index contributed by atoms with van der Waals surface area (Å²) in [5, 5.41) is 3.04. The summed E-state index contributed by atoms with van der Waals surface area (Å²) in [6.45, 7) is 10.1. The number of methoxy groups -OCH3 is 1. The van der Waals surface area contributed by atoms with E-state index in [0.29, 0.717) is 11.3 Å². The number of sulfonamides is 1. The molecule has 0 aliphatic carbocycles. The molecule has 1 amide bonds. The highest BCUT2D eigenvalue weighted by Crippen LogP contribution is 2.32. The molecule has 34 heavy (non-hydrogen) atoms. The lowest BCUT2D eigenvalue weighted by molar-refractivity contribution is 0.0940. The molecule has 1 atom stereocenters. The topological polar surface area (TPSA) is 84.5 Å². The number of aryl methyl sites for hydroxylation is 2. The number of hydrogen-bond donors (Lipinski definition) is 2. The second-order valence-corrected chi connectivity index (χ2v) is 10.5. The van der Waals surface area contributed by atoms with Crippen molar-refractivity contribution < 1.29 is 17.9 Å². The van der Waals surface area contributed by atoms with Crippen LogP contribution in [-0.4, -0.2) is 21.4 Å². The van der Waals surface area contributed by atoms with Gasteiger partial charge in [-0.1, -0.05) is 31.5 Å². The van der Waals surface area contributed by atoms with Gasteiger partial charge in [0.1, 0.15) is 5.75 Å². The summed E-state index contributed by atoms with van der Waals surface area (Å²) < 4.78 is 33.2. The van der Waals surface area contributed by atoms with Gasteiger partial charge in [0.05, 0.1) is 18.0 Å².